The van der Waals surface area contributed by atoms with Crippen molar-refractivity contribution in [1.82, 2.24) is 24.2 Å². The fourth-order valence-electron chi connectivity index (χ4n) is 6.37. The van der Waals surface area contributed by atoms with E-state index < -0.39 is 19.6 Å². The molecule has 0 bridgehead atoms. The number of imidazole rings is 1. The molecule has 2 aromatic heterocycles. The van der Waals surface area contributed by atoms with Crippen molar-refractivity contribution >= 4 is 31.5 Å². The Morgan fingerprint density at radius 2 is 2.03 bits per heavy atom. The van der Waals surface area contributed by atoms with Crippen LogP contribution in [0.5, 0.6) is 0 Å². The number of carbonyl (C=O) groups is 1. The molecule has 0 spiro atoms. The van der Waals surface area contributed by atoms with E-state index in [-0.39, 0.29) is 47.4 Å². The Bertz CT molecular complexity index is 1280. The van der Waals surface area contributed by atoms with E-state index in [1.54, 1.807) is 20.2 Å². The zero-order valence-electron chi connectivity index (χ0n) is 24.3. The van der Waals surface area contributed by atoms with Gasteiger partial charge in [0.1, 0.15) is 0 Å². The summed E-state index contributed by atoms with van der Waals surface area (Å²) in [5.74, 6) is 0.639. The molecule has 1 unspecified atom stereocenters. The number of rotatable bonds is 12. The van der Waals surface area contributed by atoms with Gasteiger partial charge in [0.25, 0.3) is 14.1 Å². The van der Waals surface area contributed by atoms with Crippen LogP contribution in [-0.4, -0.2) is 54.9 Å². The second-order valence-electron chi connectivity index (χ2n) is 11.7. The van der Waals surface area contributed by atoms with Crippen molar-refractivity contribution in [2.75, 3.05) is 11.9 Å². The molecule has 2 fully saturated rings. The summed E-state index contributed by atoms with van der Waals surface area (Å²) >= 11 is 0. The molecular weight excluding hydrogens is 517 g/mol. The Morgan fingerprint density at radius 1 is 1.33 bits per heavy atom. The SMILES string of the molecule is CC[C@@H]1[C@@H](C)[C@@H](OP(OCCC#N)N(C(C)C)C(C)C)[C@@]2(n3cnc4c(=O)[nH]c(NC(=O)C(C)C)nc43)C[C@@H]12. The van der Waals surface area contributed by atoms with Gasteiger partial charge in [0.05, 0.1) is 37.1 Å². The van der Waals surface area contributed by atoms with Gasteiger partial charge in [-0.3, -0.25) is 19.9 Å². The quantitative estimate of drug-likeness (QED) is 0.280. The highest BCUT2D eigenvalue weighted by Crippen LogP contribution is 2.70. The molecule has 6 atom stereocenters. The lowest BCUT2D eigenvalue weighted by Crippen LogP contribution is -2.40. The third-order valence-electron chi connectivity index (χ3n) is 8.15. The number of aromatic amines is 1. The molecule has 2 saturated carbocycles. The second-order valence-corrected chi connectivity index (χ2v) is 13.1. The van der Waals surface area contributed by atoms with Gasteiger partial charge < -0.3 is 13.6 Å². The standard InChI is InChI=1S/C27H42N7O4P/c1-9-19-18(8)22(38-39(37-12-10-11-28)34(16(4)5)17(6)7)27(13-20(19)27)33-14-29-21-23(33)30-26(32-25(21)36)31-24(35)15(2)3/h14-20,22H,9-10,12-13H2,1-8H3,(H2,30,31,32,35,36)/t18-,19-,20+,22-,27-,39?/m1/s1. The van der Waals surface area contributed by atoms with E-state index in [4.69, 9.17) is 14.3 Å². The lowest BCUT2D eigenvalue weighted by atomic mass is 9.89. The van der Waals surface area contributed by atoms with Crippen molar-refractivity contribution in [3.05, 3.63) is 16.7 Å². The normalized spacial score (nSPS) is 26.9. The number of nitrogens with one attached hydrogen (secondary N) is 2. The van der Waals surface area contributed by atoms with Crippen LogP contribution in [0.2, 0.25) is 0 Å². The van der Waals surface area contributed by atoms with Crippen molar-refractivity contribution in [2.45, 2.75) is 98.4 Å². The molecule has 0 saturated heterocycles. The molecule has 0 radical (unpaired) electrons. The van der Waals surface area contributed by atoms with E-state index in [0.29, 0.717) is 30.5 Å². The predicted octanol–water partition coefficient (Wildman–Crippen LogP) is 4.77. The van der Waals surface area contributed by atoms with Crippen LogP contribution >= 0.6 is 8.53 Å². The number of H-pyrrole nitrogens is 1. The molecule has 4 rings (SSSR count). The molecule has 214 valence electrons. The number of carbonyl (C=O) groups excluding carboxylic acids is 1. The molecule has 1 amide bonds. The average Bonchev–Trinajstić information content (AvgIpc) is 3.33. The number of amides is 1. The summed E-state index contributed by atoms with van der Waals surface area (Å²) in [6.45, 7) is 16.8. The highest BCUT2D eigenvalue weighted by atomic mass is 31.2. The molecule has 11 nitrogen and oxygen atoms in total. The van der Waals surface area contributed by atoms with Gasteiger partial charge in [0.2, 0.25) is 11.9 Å². The summed E-state index contributed by atoms with van der Waals surface area (Å²) in [7, 11) is -1.46. The Hall–Kier alpha value is -2.38. The van der Waals surface area contributed by atoms with Crippen LogP contribution in [0, 0.1) is 35.0 Å². The molecule has 39 heavy (non-hydrogen) atoms. The Kier molecular flexibility index (Phi) is 8.82. The molecular formula is C27H42N7O4P. The maximum Gasteiger partial charge on any atom is 0.280 e. The predicted molar refractivity (Wildman–Crippen MR) is 151 cm³/mol. The first kappa shape index (κ1) is 29.6. The zero-order chi connectivity index (χ0) is 28.6. The third kappa shape index (κ3) is 5.37. The van der Waals surface area contributed by atoms with Crippen LogP contribution in [-0.2, 0) is 19.4 Å². The van der Waals surface area contributed by atoms with E-state index in [1.807, 2.05) is 4.57 Å². The Balaban J connectivity index is 1.77. The average molecular weight is 560 g/mol. The number of hydrogen-bond acceptors (Lipinski definition) is 8. The molecule has 2 aliphatic rings. The minimum atomic E-state index is -1.46. The molecule has 0 aliphatic heterocycles. The van der Waals surface area contributed by atoms with Crippen LogP contribution in [0.15, 0.2) is 11.1 Å². The number of fused-ring (bicyclic) bond motifs is 2. The number of hydrogen-bond donors (Lipinski definition) is 2. The van der Waals surface area contributed by atoms with Crippen molar-refractivity contribution in [3.8, 4) is 6.07 Å². The lowest BCUT2D eigenvalue weighted by Gasteiger charge is -2.40. The smallest absolute Gasteiger partial charge is 0.280 e. The zero-order valence-corrected chi connectivity index (χ0v) is 25.2. The number of aromatic nitrogens is 4. The summed E-state index contributed by atoms with van der Waals surface area (Å²) in [6, 6.07) is 2.53. The number of anilines is 1. The fourth-order valence-corrected chi connectivity index (χ4v) is 8.25. The van der Waals surface area contributed by atoms with Crippen molar-refractivity contribution < 1.29 is 13.8 Å². The number of nitriles is 1. The lowest BCUT2D eigenvalue weighted by molar-refractivity contribution is -0.118. The monoisotopic (exact) mass is 559 g/mol. The third-order valence-corrected chi connectivity index (χ3v) is 10.3. The Morgan fingerprint density at radius 3 is 2.62 bits per heavy atom. The summed E-state index contributed by atoms with van der Waals surface area (Å²) in [5.41, 5.74) is -0.136. The highest BCUT2D eigenvalue weighted by Gasteiger charge is 2.72. The van der Waals surface area contributed by atoms with Gasteiger partial charge in [-0.05, 0) is 51.9 Å². The summed E-state index contributed by atoms with van der Waals surface area (Å²) < 4.78 is 17.5. The summed E-state index contributed by atoms with van der Waals surface area (Å²) in [5, 5.41) is 11.8. The first-order valence-corrected chi connectivity index (χ1v) is 15.1. The van der Waals surface area contributed by atoms with Crippen LogP contribution in [0.25, 0.3) is 11.2 Å². The van der Waals surface area contributed by atoms with E-state index in [9.17, 15) is 9.59 Å². The minimum Gasteiger partial charge on any atom is -0.321 e. The van der Waals surface area contributed by atoms with Gasteiger partial charge in [-0.25, -0.2) is 9.65 Å². The molecule has 2 aromatic rings. The van der Waals surface area contributed by atoms with Gasteiger partial charge >= 0.3 is 0 Å². The molecule has 2 heterocycles. The topological polar surface area (TPSA) is 138 Å². The molecule has 2 N–H and O–H groups in total. The van der Waals surface area contributed by atoms with Gasteiger partial charge in [0.15, 0.2) is 11.2 Å². The second kappa shape index (κ2) is 11.6. The highest BCUT2D eigenvalue weighted by molar-refractivity contribution is 7.44. The molecule has 0 aromatic carbocycles. The van der Waals surface area contributed by atoms with Gasteiger partial charge in [-0.15, -0.1) is 0 Å². The maximum atomic E-state index is 12.9. The van der Waals surface area contributed by atoms with Gasteiger partial charge in [0, 0.05) is 18.0 Å². The summed E-state index contributed by atoms with van der Waals surface area (Å²) in [4.78, 5) is 37.0. The number of nitrogens with zero attached hydrogens (tertiary/aromatic N) is 5. The van der Waals surface area contributed by atoms with E-state index in [0.717, 1.165) is 12.8 Å². The van der Waals surface area contributed by atoms with Crippen LogP contribution in [0.4, 0.5) is 5.95 Å². The van der Waals surface area contributed by atoms with Crippen molar-refractivity contribution in [3.63, 3.8) is 0 Å². The van der Waals surface area contributed by atoms with Crippen molar-refractivity contribution in [1.29, 1.82) is 5.26 Å². The first-order chi connectivity index (χ1) is 18.5. The first-order valence-electron chi connectivity index (χ1n) is 14.0. The van der Waals surface area contributed by atoms with Crippen molar-refractivity contribution in [2.24, 2.45) is 23.7 Å². The van der Waals surface area contributed by atoms with Gasteiger partial charge in [-0.2, -0.15) is 10.2 Å². The van der Waals surface area contributed by atoms with Gasteiger partial charge in [-0.1, -0.05) is 34.1 Å². The summed E-state index contributed by atoms with van der Waals surface area (Å²) in [6.07, 6.45) is 3.69. The largest absolute Gasteiger partial charge is 0.321 e. The van der Waals surface area contributed by atoms with Crippen LogP contribution in [0.3, 0.4) is 0 Å². The van der Waals surface area contributed by atoms with E-state index in [2.05, 4.69) is 72.6 Å². The van der Waals surface area contributed by atoms with Crippen LogP contribution in [0.1, 0.15) is 74.7 Å². The molecule has 12 heteroatoms. The molecule has 2 aliphatic carbocycles. The maximum absolute atomic E-state index is 12.9. The Labute approximate surface area is 231 Å². The van der Waals surface area contributed by atoms with Crippen LogP contribution < -0.4 is 10.9 Å². The van der Waals surface area contributed by atoms with E-state index in [1.165, 1.54) is 0 Å². The van der Waals surface area contributed by atoms with E-state index >= 15 is 0 Å². The fraction of sp³-hybridized carbons (Fsp3) is 0.741. The minimum absolute atomic E-state index is 0.116.